The van der Waals surface area contributed by atoms with Crippen LogP contribution in [0.15, 0.2) is 23.2 Å². The van der Waals surface area contributed by atoms with E-state index < -0.39 is 0 Å². The van der Waals surface area contributed by atoms with Crippen molar-refractivity contribution in [3.05, 3.63) is 34.3 Å². The molecule has 1 atom stereocenters. The third-order valence-corrected chi connectivity index (χ3v) is 4.64. The molecule has 1 aliphatic rings. The predicted octanol–water partition coefficient (Wildman–Crippen LogP) is 2.66. The van der Waals surface area contributed by atoms with E-state index in [9.17, 15) is 0 Å². The first-order valence-corrected chi connectivity index (χ1v) is 7.99. The third-order valence-electron chi connectivity index (χ3n) is 4.23. The number of nitrogens with zero attached hydrogens (tertiary/aromatic N) is 3. The van der Waals surface area contributed by atoms with Gasteiger partial charge in [-0.2, -0.15) is 0 Å². The summed E-state index contributed by atoms with van der Waals surface area (Å²) in [5.41, 5.74) is 8.36. The summed E-state index contributed by atoms with van der Waals surface area (Å²) < 4.78 is 0. The predicted molar refractivity (Wildman–Crippen MR) is 89.9 cm³/mol. The Morgan fingerprint density at radius 3 is 2.71 bits per heavy atom. The van der Waals surface area contributed by atoms with Gasteiger partial charge in [-0.15, -0.1) is 0 Å². The lowest BCUT2D eigenvalue weighted by molar-refractivity contribution is 0.248. The molecule has 0 fully saturated rings. The molecule has 1 aromatic carbocycles. The first-order chi connectivity index (χ1) is 10.1. The highest BCUT2D eigenvalue weighted by Gasteiger charge is 2.27. The van der Waals surface area contributed by atoms with Gasteiger partial charge in [0.15, 0.2) is 5.96 Å². The highest BCUT2D eigenvalue weighted by atomic mass is 35.5. The maximum Gasteiger partial charge on any atom is 0.191 e. The smallest absolute Gasteiger partial charge is 0.191 e. The largest absolute Gasteiger partial charge is 0.370 e. The number of guanidine groups is 1. The van der Waals surface area contributed by atoms with Crippen LogP contribution in [0.3, 0.4) is 0 Å². The zero-order chi connectivity index (χ0) is 15.4. The van der Waals surface area contributed by atoms with E-state index in [4.69, 9.17) is 17.3 Å². The number of nitrogens with two attached hydrogens (primary N) is 1. The van der Waals surface area contributed by atoms with Crippen molar-refractivity contribution in [1.29, 1.82) is 0 Å². The van der Waals surface area contributed by atoms with E-state index in [1.54, 1.807) is 0 Å². The van der Waals surface area contributed by atoms with Gasteiger partial charge in [-0.05, 0) is 37.2 Å². The van der Waals surface area contributed by atoms with E-state index >= 15 is 0 Å². The number of hydrogen-bond donors (Lipinski definition) is 1. The van der Waals surface area contributed by atoms with Crippen molar-refractivity contribution in [2.45, 2.75) is 26.8 Å². The van der Waals surface area contributed by atoms with Crippen LogP contribution in [0.5, 0.6) is 0 Å². The molecule has 21 heavy (non-hydrogen) atoms. The normalized spacial score (nSPS) is 18.4. The Kier molecular flexibility index (Phi) is 5.48. The molecule has 1 unspecified atom stereocenters. The highest BCUT2D eigenvalue weighted by molar-refractivity contribution is 6.31. The van der Waals surface area contributed by atoms with E-state index in [1.807, 2.05) is 13.0 Å². The molecule has 0 amide bonds. The summed E-state index contributed by atoms with van der Waals surface area (Å²) in [7, 11) is 0. The van der Waals surface area contributed by atoms with Crippen molar-refractivity contribution in [3.63, 3.8) is 0 Å². The minimum absolute atomic E-state index is 0.207. The molecule has 1 heterocycles. The zero-order valence-electron chi connectivity index (χ0n) is 13.1. The average Bonchev–Trinajstić information content (AvgIpc) is 2.84. The summed E-state index contributed by atoms with van der Waals surface area (Å²) in [6, 6.07) is 6.44. The second kappa shape index (κ2) is 7.14. The number of aliphatic imine (C=N–C) groups is 1. The molecule has 0 aliphatic carbocycles. The molecule has 0 saturated carbocycles. The van der Waals surface area contributed by atoms with Crippen molar-refractivity contribution in [1.82, 2.24) is 9.80 Å². The van der Waals surface area contributed by atoms with Crippen LogP contribution in [0.25, 0.3) is 0 Å². The number of likely N-dealkylation sites (N-methyl/N-ethyl adjacent to an activating group) is 1. The lowest BCUT2D eigenvalue weighted by atomic mass is 10.0. The average molecular weight is 309 g/mol. The van der Waals surface area contributed by atoms with Gasteiger partial charge >= 0.3 is 0 Å². The first-order valence-electron chi connectivity index (χ1n) is 7.61. The SMILES string of the molecule is CCN(CC)CCN1C(N)=NCC1c1ccc(C)c(Cl)c1. The van der Waals surface area contributed by atoms with Gasteiger partial charge in [0.2, 0.25) is 0 Å². The van der Waals surface area contributed by atoms with Crippen LogP contribution < -0.4 is 5.73 Å². The Bertz CT molecular complexity index is 511. The number of hydrogen-bond acceptors (Lipinski definition) is 4. The Morgan fingerprint density at radius 1 is 1.38 bits per heavy atom. The third kappa shape index (κ3) is 3.69. The van der Waals surface area contributed by atoms with Crippen LogP contribution in [-0.4, -0.2) is 48.5 Å². The quantitative estimate of drug-likeness (QED) is 0.879. The van der Waals surface area contributed by atoms with Crippen molar-refractivity contribution in [3.8, 4) is 0 Å². The van der Waals surface area contributed by atoms with E-state index in [1.165, 1.54) is 5.56 Å². The molecule has 116 valence electrons. The molecule has 1 aromatic rings. The van der Waals surface area contributed by atoms with Crippen molar-refractivity contribution < 1.29 is 0 Å². The van der Waals surface area contributed by atoms with Crippen LogP contribution in [0.1, 0.15) is 31.0 Å². The number of rotatable bonds is 6. The summed E-state index contributed by atoms with van der Waals surface area (Å²) in [6.07, 6.45) is 0. The standard InChI is InChI=1S/C16H25ClN4/c1-4-20(5-2)8-9-21-15(11-19-16(21)18)13-7-6-12(3)14(17)10-13/h6-7,10,15H,4-5,8-9,11H2,1-3H3,(H2,18,19). The monoisotopic (exact) mass is 308 g/mol. The van der Waals surface area contributed by atoms with Crippen LogP contribution >= 0.6 is 11.6 Å². The fourth-order valence-electron chi connectivity index (χ4n) is 2.69. The second-order valence-electron chi connectivity index (χ2n) is 5.44. The summed E-state index contributed by atoms with van der Waals surface area (Å²) in [6.45, 7) is 11.1. The van der Waals surface area contributed by atoms with Crippen molar-refractivity contribution in [2.75, 3.05) is 32.7 Å². The fraction of sp³-hybridized carbons (Fsp3) is 0.562. The Morgan fingerprint density at radius 2 is 2.10 bits per heavy atom. The molecule has 0 bridgehead atoms. The van der Waals surface area contributed by atoms with Gasteiger partial charge in [0.1, 0.15) is 0 Å². The van der Waals surface area contributed by atoms with Crippen molar-refractivity contribution in [2.24, 2.45) is 10.7 Å². The van der Waals surface area contributed by atoms with Crippen molar-refractivity contribution >= 4 is 17.6 Å². The highest BCUT2D eigenvalue weighted by Crippen LogP contribution is 2.28. The summed E-state index contributed by atoms with van der Waals surface area (Å²) >= 11 is 6.25. The van der Waals surface area contributed by atoms with E-state index in [2.05, 4.69) is 40.8 Å². The Labute approximate surface area is 132 Å². The lowest BCUT2D eigenvalue weighted by Crippen LogP contribution is -2.41. The molecule has 0 spiro atoms. The second-order valence-corrected chi connectivity index (χ2v) is 5.85. The van der Waals surface area contributed by atoms with E-state index in [-0.39, 0.29) is 6.04 Å². The molecule has 4 nitrogen and oxygen atoms in total. The van der Waals surface area contributed by atoms with Gasteiger partial charge in [0.05, 0.1) is 12.6 Å². The molecule has 2 rings (SSSR count). The minimum Gasteiger partial charge on any atom is -0.370 e. The first kappa shape index (κ1) is 16.1. The zero-order valence-corrected chi connectivity index (χ0v) is 13.9. The molecule has 1 aliphatic heterocycles. The number of benzene rings is 1. The number of aryl methyl sites for hydroxylation is 1. The molecule has 2 N–H and O–H groups in total. The molecule has 0 aromatic heterocycles. The topological polar surface area (TPSA) is 44.9 Å². The van der Waals surface area contributed by atoms with Crippen LogP contribution in [0, 0.1) is 6.92 Å². The fourth-order valence-corrected chi connectivity index (χ4v) is 2.88. The summed E-state index contributed by atoms with van der Waals surface area (Å²) in [5, 5.41) is 0.807. The maximum atomic E-state index is 6.25. The van der Waals surface area contributed by atoms with Gasteiger partial charge in [-0.25, -0.2) is 0 Å². The van der Waals surface area contributed by atoms with Crippen LogP contribution in [0.4, 0.5) is 0 Å². The summed E-state index contributed by atoms with van der Waals surface area (Å²) in [5.74, 6) is 0.642. The molecule has 0 saturated heterocycles. The Hall–Kier alpha value is -1.26. The lowest BCUT2D eigenvalue weighted by Gasteiger charge is -2.29. The van der Waals surface area contributed by atoms with Crippen LogP contribution in [0.2, 0.25) is 5.02 Å². The van der Waals surface area contributed by atoms with Crippen LogP contribution in [-0.2, 0) is 0 Å². The van der Waals surface area contributed by atoms with Gasteiger partial charge < -0.3 is 15.5 Å². The van der Waals surface area contributed by atoms with Gasteiger partial charge in [-0.3, -0.25) is 4.99 Å². The van der Waals surface area contributed by atoms with Gasteiger partial charge in [0.25, 0.3) is 0 Å². The molecular weight excluding hydrogens is 284 g/mol. The van der Waals surface area contributed by atoms with E-state index in [0.29, 0.717) is 12.5 Å². The number of halogens is 1. The van der Waals surface area contributed by atoms with Gasteiger partial charge in [-0.1, -0.05) is 37.6 Å². The Balaban J connectivity index is 2.10. The minimum atomic E-state index is 0.207. The molecule has 0 radical (unpaired) electrons. The molecular formula is C16H25ClN4. The summed E-state index contributed by atoms with van der Waals surface area (Å²) in [4.78, 5) is 9.00. The maximum absolute atomic E-state index is 6.25. The molecule has 5 heteroatoms. The van der Waals surface area contributed by atoms with E-state index in [0.717, 1.165) is 36.8 Å². The van der Waals surface area contributed by atoms with Gasteiger partial charge in [0, 0.05) is 18.1 Å².